The largest absolute Gasteiger partial charge is 0.472 e. The van der Waals surface area contributed by atoms with Crippen molar-refractivity contribution in [1.82, 2.24) is 0 Å². The van der Waals surface area contributed by atoms with Gasteiger partial charge < -0.3 is 34.2 Å². The lowest BCUT2D eigenvalue weighted by Crippen LogP contribution is -2.30. The summed E-state index contributed by atoms with van der Waals surface area (Å²) in [5, 5.41) is 20.5. The summed E-state index contributed by atoms with van der Waals surface area (Å²) in [6.07, 6.45) is 72.5. The number of aliphatic hydroxyl groups excluding tert-OH is 2. The van der Waals surface area contributed by atoms with Crippen molar-refractivity contribution < 1.29 is 75.8 Å². The fraction of sp³-hybridized carbons (Fsp3) is 0.676. The molecule has 18 heteroatoms. The third kappa shape index (κ3) is 65.3. The van der Waals surface area contributed by atoms with Crippen molar-refractivity contribution in [2.75, 3.05) is 39.6 Å². The molecule has 0 bridgehead atoms. The van der Waals surface area contributed by atoms with Gasteiger partial charge in [0.1, 0.15) is 25.4 Å². The normalized spacial score (nSPS) is 15.0. The molecule has 0 amide bonds. The highest BCUT2D eigenvalue weighted by Gasteiger charge is 2.29. The molecule has 5 unspecified atom stereocenters. The van der Waals surface area contributed by atoms with E-state index in [1.807, 2.05) is 0 Å². The topological polar surface area (TPSA) is 231 Å². The Morgan fingerprint density at radius 2 is 0.596 bits per heavy atom. The number of phosphoric acid groups is 2. The Bertz CT molecular complexity index is 2110. The number of carbonyl (C=O) groups is 3. The van der Waals surface area contributed by atoms with Crippen LogP contribution >= 0.6 is 15.6 Å². The van der Waals surface area contributed by atoms with Crippen LogP contribution in [0.2, 0.25) is 0 Å². The SMILES string of the molecule is CC/C=C\C/C=C\C/C=C\C/C=C\C/C=C\C/C=C\CCCCCCC(=O)OCC(O)COP(=O)(O)OCC(O)COP(=O)(O)OCC(COC(=O)CCCCCCC/C=C\C/C=C\C/C=C\CC)OC(=O)CCCCCCC/C=C\CCCCCCCC. The summed E-state index contributed by atoms with van der Waals surface area (Å²) >= 11 is 0. The molecule has 0 saturated carbocycles. The van der Waals surface area contributed by atoms with Crippen LogP contribution in [-0.4, -0.2) is 95.9 Å². The summed E-state index contributed by atoms with van der Waals surface area (Å²) in [7, 11) is -9.79. The van der Waals surface area contributed by atoms with Gasteiger partial charge >= 0.3 is 33.6 Å². The Hall–Kier alpha value is -4.05. The molecule has 0 radical (unpaired) electrons. The monoisotopic (exact) mass is 1290 g/mol. The van der Waals surface area contributed by atoms with E-state index in [1.165, 1.54) is 38.5 Å². The van der Waals surface area contributed by atoms with Crippen LogP contribution in [0.5, 0.6) is 0 Å². The van der Waals surface area contributed by atoms with Crippen molar-refractivity contribution in [2.24, 2.45) is 0 Å². The summed E-state index contributed by atoms with van der Waals surface area (Å²) < 4.78 is 60.8. The molecule has 0 spiro atoms. The van der Waals surface area contributed by atoms with Crippen LogP contribution in [0.3, 0.4) is 0 Å². The number of esters is 3. The molecule has 0 fully saturated rings. The Morgan fingerprint density at radius 3 is 0.955 bits per heavy atom. The van der Waals surface area contributed by atoms with Gasteiger partial charge in [0.15, 0.2) is 6.10 Å². The molecule has 5 atom stereocenters. The number of phosphoric ester groups is 2. The maximum atomic E-state index is 12.9. The fourth-order valence-electron chi connectivity index (χ4n) is 8.52. The van der Waals surface area contributed by atoms with Crippen molar-refractivity contribution in [1.29, 1.82) is 0 Å². The van der Waals surface area contributed by atoms with Crippen LogP contribution < -0.4 is 0 Å². The maximum Gasteiger partial charge on any atom is 0.472 e. The summed E-state index contributed by atoms with van der Waals surface area (Å²) in [6, 6.07) is 0. The zero-order valence-electron chi connectivity index (χ0n) is 55.1. The molecule has 0 aliphatic carbocycles. The quantitative estimate of drug-likeness (QED) is 0.0146. The standard InChI is InChI=1S/C71H120O16P2/c1-4-7-10-13-16-19-22-25-28-29-30-31-32-33-34-35-38-40-42-45-48-51-54-57-69(74)81-60-66(72)61-83-88(77,78)84-62-67(73)63-85-89(79,80)86-65-68(87-71(76)59-56-53-50-47-44-41-37-27-24-21-18-15-12-9-6-3)64-82-70(75)58-55-52-49-46-43-39-36-26-23-20-17-14-11-8-5-2/h7-8,10-11,16-17,19-20,25-28,30-31,33-34,36-38,40,66-68,72-73H,4-6,9,12-15,18,21-24,29,32,35,39,41-65H2,1-3H3,(H,77,78)(H,79,80)/b10-7-,11-8-,19-16-,20-17-,28-25-,31-30-,34-33-,36-26-,37-27-,40-38-. The first kappa shape index (κ1) is 85.0. The van der Waals surface area contributed by atoms with E-state index in [1.54, 1.807) is 0 Å². The zero-order chi connectivity index (χ0) is 65.3. The molecule has 16 nitrogen and oxygen atoms in total. The third-order valence-corrected chi connectivity index (χ3v) is 15.6. The van der Waals surface area contributed by atoms with Gasteiger partial charge in [-0.2, -0.15) is 0 Å². The fourth-order valence-corrected chi connectivity index (χ4v) is 10.1. The van der Waals surface area contributed by atoms with Crippen LogP contribution in [0.4, 0.5) is 0 Å². The van der Waals surface area contributed by atoms with Gasteiger partial charge in [-0.15, -0.1) is 0 Å². The van der Waals surface area contributed by atoms with E-state index >= 15 is 0 Å². The number of unbranched alkanes of at least 4 members (excludes halogenated alkanes) is 20. The molecule has 0 aromatic carbocycles. The highest BCUT2D eigenvalue weighted by atomic mass is 31.2. The van der Waals surface area contributed by atoms with E-state index < -0.39 is 91.5 Å². The van der Waals surface area contributed by atoms with Gasteiger partial charge in [-0.3, -0.25) is 32.5 Å². The summed E-state index contributed by atoms with van der Waals surface area (Å²) in [5.41, 5.74) is 0. The van der Waals surface area contributed by atoms with Crippen LogP contribution in [0, 0.1) is 0 Å². The smallest absolute Gasteiger partial charge is 0.463 e. The van der Waals surface area contributed by atoms with E-state index in [0.29, 0.717) is 19.3 Å². The van der Waals surface area contributed by atoms with Crippen LogP contribution in [0.1, 0.15) is 252 Å². The molecule has 0 heterocycles. The van der Waals surface area contributed by atoms with E-state index in [4.69, 9.17) is 32.3 Å². The Labute approximate surface area is 538 Å². The lowest BCUT2D eigenvalue weighted by atomic mass is 10.1. The Kier molecular flexibility index (Phi) is 61.2. The van der Waals surface area contributed by atoms with Gasteiger partial charge in [0, 0.05) is 19.3 Å². The molecule has 0 rings (SSSR count). The van der Waals surface area contributed by atoms with Gasteiger partial charge in [-0.25, -0.2) is 9.13 Å². The van der Waals surface area contributed by atoms with Crippen molar-refractivity contribution >= 4 is 33.6 Å². The average Bonchev–Trinajstić information content (AvgIpc) is 3.65. The van der Waals surface area contributed by atoms with E-state index in [2.05, 4.69) is 142 Å². The average molecular weight is 1290 g/mol. The number of aliphatic hydroxyl groups is 2. The number of carbonyl (C=O) groups excluding carboxylic acids is 3. The van der Waals surface area contributed by atoms with Gasteiger partial charge in [-0.05, 0) is 128 Å². The molecule has 0 saturated heterocycles. The molecule has 0 aromatic rings. The Balaban J connectivity index is 4.66. The molecule has 0 aliphatic rings. The van der Waals surface area contributed by atoms with Gasteiger partial charge in [-0.1, -0.05) is 226 Å². The van der Waals surface area contributed by atoms with Crippen LogP contribution in [-0.2, 0) is 55.8 Å². The second-order valence-electron chi connectivity index (χ2n) is 22.2. The highest BCUT2D eigenvalue weighted by Crippen LogP contribution is 2.45. The molecular weight excluding hydrogens is 1170 g/mol. The lowest BCUT2D eigenvalue weighted by Gasteiger charge is -2.21. The number of ether oxygens (including phenoxy) is 3. The predicted molar refractivity (Wildman–Crippen MR) is 362 cm³/mol. The number of allylic oxidation sites excluding steroid dienone is 20. The highest BCUT2D eigenvalue weighted by molar-refractivity contribution is 7.47. The minimum atomic E-state index is -4.93. The second kappa shape index (κ2) is 64.1. The molecular formula is C71H120O16P2. The minimum absolute atomic E-state index is 0.0881. The van der Waals surface area contributed by atoms with Crippen LogP contribution in [0.25, 0.3) is 0 Å². The molecule has 89 heavy (non-hydrogen) atoms. The molecule has 510 valence electrons. The molecule has 0 aliphatic heterocycles. The maximum absolute atomic E-state index is 12.9. The van der Waals surface area contributed by atoms with Gasteiger partial charge in [0.2, 0.25) is 0 Å². The zero-order valence-corrected chi connectivity index (χ0v) is 56.8. The lowest BCUT2D eigenvalue weighted by molar-refractivity contribution is -0.161. The van der Waals surface area contributed by atoms with Crippen molar-refractivity contribution in [3.8, 4) is 0 Å². The molecule has 0 aromatic heterocycles. The number of rotatable bonds is 63. The van der Waals surface area contributed by atoms with E-state index in [-0.39, 0.29) is 19.3 Å². The first-order chi connectivity index (χ1) is 43.2. The summed E-state index contributed by atoms with van der Waals surface area (Å²) in [5.74, 6) is -1.63. The third-order valence-electron chi connectivity index (χ3n) is 13.7. The van der Waals surface area contributed by atoms with Gasteiger partial charge in [0.25, 0.3) is 0 Å². The van der Waals surface area contributed by atoms with Crippen LogP contribution in [0.15, 0.2) is 122 Å². The van der Waals surface area contributed by atoms with Crippen molar-refractivity contribution in [3.63, 3.8) is 0 Å². The van der Waals surface area contributed by atoms with Crippen molar-refractivity contribution in [2.45, 2.75) is 270 Å². The van der Waals surface area contributed by atoms with Gasteiger partial charge in [0.05, 0.1) is 26.4 Å². The number of hydrogen-bond donors (Lipinski definition) is 4. The molecule has 4 N–H and O–H groups in total. The second-order valence-corrected chi connectivity index (χ2v) is 25.1. The predicted octanol–water partition coefficient (Wildman–Crippen LogP) is 18.6. The van der Waals surface area contributed by atoms with E-state index in [0.717, 1.165) is 154 Å². The number of hydrogen-bond acceptors (Lipinski definition) is 14. The van der Waals surface area contributed by atoms with Crippen molar-refractivity contribution in [3.05, 3.63) is 122 Å². The summed E-state index contributed by atoms with van der Waals surface area (Å²) in [6.45, 7) is 2.36. The minimum Gasteiger partial charge on any atom is -0.463 e. The summed E-state index contributed by atoms with van der Waals surface area (Å²) in [4.78, 5) is 58.3. The first-order valence-electron chi connectivity index (χ1n) is 33.8. The van der Waals surface area contributed by atoms with E-state index in [9.17, 15) is 43.5 Å². The Morgan fingerprint density at radius 1 is 0.326 bits per heavy atom. The first-order valence-corrected chi connectivity index (χ1v) is 36.8.